The average molecular weight is 236 g/mol. The molecule has 0 amide bonds. The summed E-state index contributed by atoms with van der Waals surface area (Å²) in [5, 5.41) is 11.1. The molecule has 0 heterocycles. The minimum atomic E-state index is -1.14. The fraction of sp³-hybridized carbons (Fsp3) is 0.571. The molecule has 1 aliphatic carbocycles. The minimum Gasteiger partial charge on any atom is -0.379 e. The highest BCUT2D eigenvalue weighted by atomic mass is 16.7. The van der Waals surface area contributed by atoms with Gasteiger partial charge in [-0.15, -0.1) is 0 Å². The number of ether oxygens (including phenoxy) is 2. The second-order valence-corrected chi connectivity index (χ2v) is 5.23. The maximum atomic E-state index is 11.1. The molecule has 1 N–H and O–H groups in total. The Labute approximate surface area is 102 Å². The van der Waals surface area contributed by atoms with Gasteiger partial charge in [-0.3, -0.25) is 0 Å². The summed E-state index contributed by atoms with van der Waals surface area (Å²) in [4.78, 5) is 0. The SMILES string of the molecule is COC(C)(OC)C1(O)c2ccccc2C1(C)C. The van der Waals surface area contributed by atoms with E-state index in [1.807, 2.05) is 38.1 Å². The van der Waals surface area contributed by atoms with Crippen molar-refractivity contribution in [3.8, 4) is 0 Å². The number of hydrogen-bond donors (Lipinski definition) is 1. The van der Waals surface area contributed by atoms with Crippen LogP contribution in [0.1, 0.15) is 31.9 Å². The lowest BCUT2D eigenvalue weighted by atomic mass is 9.52. The van der Waals surface area contributed by atoms with Crippen LogP contribution < -0.4 is 0 Å². The molecule has 0 aliphatic heterocycles. The second-order valence-electron chi connectivity index (χ2n) is 5.23. The van der Waals surface area contributed by atoms with Crippen LogP contribution in [-0.2, 0) is 20.5 Å². The summed E-state index contributed by atoms with van der Waals surface area (Å²) < 4.78 is 10.8. The lowest BCUT2D eigenvalue weighted by Crippen LogP contribution is -2.68. The van der Waals surface area contributed by atoms with Crippen LogP contribution >= 0.6 is 0 Å². The van der Waals surface area contributed by atoms with E-state index in [2.05, 4.69) is 0 Å². The van der Waals surface area contributed by atoms with E-state index in [1.54, 1.807) is 21.1 Å². The first kappa shape index (κ1) is 12.6. The normalized spacial score (nSPS) is 26.2. The Morgan fingerprint density at radius 2 is 1.53 bits per heavy atom. The molecular weight excluding hydrogens is 216 g/mol. The summed E-state index contributed by atoms with van der Waals surface area (Å²) in [5.74, 6) is -1.05. The molecule has 1 atom stereocenters. The van der Waals surface area contributed by atoms with Crippen LogP contribution in [0.25, 0.3) is 0 Å². The summed E-state index contributed by atoms with van der Waals surface area (Å²) in [6, 6.07) is 7.87. The first-order valence-electron chi connectivity index (χ1n) is 5.78. The van der Waals surface area contributed by atoms with Crippen molar-refractivity contribution in [2.24, 2.45) is 0 Å². The van der Waals surface area contributed by atoms with Gasteiger partial charge in [0.2, 0.25) is 0 Å². The highest BCUT2D eigenvalue weighted by Gasteiger charge is 2.67. The van der Waals surface area contributed by atoms with Crippen LogP contribution in [0, 0.1) is 0 Å². The molecule has 0 spiro atoms. The third-order valence-electron chi connectivity index (χ3n) is 4.33. The predicted octanol–water partition coefficient (Wildman–Crippen LogP) is 2.17. The predicted molar refractivity (Wildman–Crippen MR) is 65.8 cm³/mol. The Morgan fingerprint density at radius 3 is 2.00 bits per heavy atom. The fourth-order valence-electron chi connectivity index (χ4n) is 3.00. The Bertz CT molecular complexity index is 435. The lowest BCUT2D eigenvalue weighted by molar-refractivity contribution is -0.327. The van der Waals surface area contributed by atoms with Crippen LogP contribution in [-0.4, -0.2) is 25.1 Å². The number of benzene rings is 1. The summed E-state index contributed by atoms with van der Waals surface area (Å²) >= 11 is 0. The quantitative estimate of drug-likeness (QED) is 0.817. The highest BCUT2D eigenvalue weighted by molar-refractivity contribution is 5.53. The van der Waals surface area contributed by atoms with Crippen LogP contribution in [0.3, 0.4) is 0 Å². The topological polar surface area (TPSA) is 38.7 Å². The zero-order valence-electron chi connectivity index (χ0n) is 11.1. The number of aliphatic hydroxyl groups is 1. The molecular formula is C14H20O3. The zero-order chi connectivity index (χ0) is 12.9. The number of rotatable bonds is 3. The van der Waals surface area contributed by atoms with E-state index in [1.165, 1.54) is 0 Å². The molecule has 3 nitrogen and oxygen atoms in total. The Hall–Kier alpha value is -0.900. The van der Waals surface area contributed by atoms with Crippen molar-refractivity contribution in [2.75, 3.05) is 14.2 Å². The third-order valence-corrected chi connectivity index (χ3v) is 4.33. The Balaban J connectivity index is 2.61. The van der Waals surface area contributed by atoms with Gasteiger partial charge in [0.1, 0.15) is 0 Å². The molecule has 1 aromatic carbocycles. The summed E-state index contributed by atoms with van der Waals surface area (Å²) in [6.07, 6.45) is 0. The summed E-state index contributed by atoms with van der Waals surface area (Å²) in [7, 11) is 3.11. The van der Waals surface area contributed by atoms with Crippen LogP contribution in [0.15, 0.2) is 24.3 Å². The van der Waals surface area contributed by atoms with Crippen LogP contribution in [0.2, 0.25) is 0 Å². The van der Waals surface area contributed by atoms with Gasteiger partial charge in [0, 0.05) is 19.6 Å². The number of methoxy groups -OCH3 is 2. The smallest absolute Gasteiger partial charge is 0.199 e. The fourth-order valence-corrected chi connectivity index (χ4v) is 3.00. The standard InChI is InChI=1S/C14H20O3/c1-12(2)10-8-6-7-9-11(10)14(12,15)13(3,16-4)17-5/h6-9,15H,1-5H3. The molecule has 0 saturated heterocycles. The average Bonchev–Trinajstić information content (AvgIpc) is 2.36. The first-order chi connectivity index (χ1) is 7.85. The molecule has 1 aliphatic rings. The van der Waals surface area contributed by atoms with Gasteiger partial charge in [0.05, 0.1) is 0 Å². The molecule has 1 unspecified atom stereocenters. The van der Waals surface area contributed by atoms with Gasteiger partial charge in [-0.05, 0) is 18.1 Å². The summed E-state index contributed by atoms with van der Waals surface area (Å²) in [5.41, 5.74) is 0.490. The Morgan fingerprint density at radius 1 is 1.06 bits per heavy atom. The second kappa shape index (κ2) is 3.55. The van der Waals surface area contributed by atoms with E-state index in [4.69, 9.17) is 9.47 Å². The number of fused-ring (bicyclic) bond motifs is 1. The largest absolute Gasteiger partial charge is 0.379 e. The van der Waals surface area contributed by atoms with Crippen molar-refractivity contribution >= 4 is 0 Å². The van der Waals surface area contributed by atoms with Gasteiger partial charge < -0.3 is 14.6 Å². The zero-order valence-corrected chi connectivity index (χ0v) is 11.1. The highest BCUT2D eigenvalue weighted by Crippen LogP contribution is 2.60. The Kier molecular flexibility index (Phi) is 2.62. The van der Waals surface area contributed by atoms with Crippen molar-refractivity contribution in [1.29, 1.82) is 0 Å². The van der Waals surface area contributed by atoms with E-state index in [-0.39, 0.29) is 0 Å². The van der Waals surface area contributed by atoms with E-state index in [9.17, 15) is 5.11 Å². The van der Waals surface area contributed by atoms with E-state index in [0.29, 0.717) is 0 Å². The summed E-state index contributed by atoms with van der Waals surface area (Å²) in [6.45, 7) is 5.78. The molecule has 0 aromatic heterocycles. The molecule has 2 rings (SSSR count). The van der Waals surface area contributed by atoms with Gasteiger partial charge >= 0.3 is 0 Å². The maximum absolute atomic E-state index is 11.1. The molecule has 3 heteroatoms. The van der Waals surface area contributed by atoms with E-state index >= 15 is 0 Å². The van der Waals surface area contributed by atoms with Crippen LogP contribution in [0.4, 0.5) is 0 Å². The van der Waals surface area contributed by atoms with E-state index in [0.717, 1.165) is 11.1 Å². The van der Waals surface area contributed by atoms with Gasteiger partial charge in [-0.25, -0.2) is 0 Å². The van der Waals surface area contributed by atoms with Crippen molar-refractivity contribution in [2.45, 2.75) is 37.6 Å². The van der Waals surface area contributed by atoms with Crippen molar-refractivity contribution in [3.63, 3.8) is 0 Å². The van der Waals surface area contributed by atoms with E-state index < -0.39 is 16.8 Å². The van der Waals surface area contributed by atoms with Gasteiger partial charge in [-0.2, -0.15) is 0 Å². The van der Waals surface area contributed by atoms with Gasteiger partial charge in [-0.1, -0.05) is 38.1 Å². The van der Waals surface area contributed by atoms with Crippen LogP contribution in [0.5, 0.6) is 0 Å². The van der Waals surface area contributed by atoms with Gasteiger partial charge in [0.15, 0.2) is 11.4 Å². The minimum absolute atomic E-state index is 0.398. The lowest BCUT2D eigenvalue weighted by Gasteiger charge is -2.60. The molecule has 1 aromatic rings. The van der Waals surface area contributed by atoms with Crippen molar-refractivity contribution in [3.05, 3.63) is 35.4 Å². The monoisotopic (exact) mass is 236 g/mol. The molecule has 0 radical (unpaired) electrons. The molecule has 0 fully saturated rings. The first-order valence-corrected chi connectivity index (χ1v) is 5.78. The maximum Gasteiger partial charge on any atom is 0.199 e. The molecule has 0 saturated carbocycles. The number of hydrogen-bond acceptors (Lipinski definition) is 3. The van der Waals surface area contributed by atoms with Gasteiger partial charge in [0.25, 0.3) is 0 Å². The molecule has 17 heavy (non-hydrogen) atoms. The molecule has 94 valence electrons. The molecule has 0 bridgehead atoms. The van der Waals surface area contributed by atoms with Crippen molar-refractivity contribution < 1.29 is 14.6 Å². The third kappa shape index (κ3) is 1.22. The van der Waals surface area contributed by atoms with Crippen molar-refractivity contribution in [1.82, 2.24) is 0 Å².